The van der Waals surface area contributed by atoms with Crippen LogP contribution in [0.25, 0.3) is 16.9 Å². The molecule has 7 nitrogen and oxygen atoms in total. The number of H-pyrrole nitrogens is 1. The van der Waals surface area contributed by atoms with E-state index >= 15 is 0 Å². The minimum Gasteiger partial charge on any atom is -0.462 e. The summed E-state index contributed by atoms with van der Waals surface area (Å²) in [7, 11) is -2.12. The second-order valence-corrected chi connectivity index (χ2v) is 18.2. The number of aromatic amines is 1. The molecule has 224 valence electrons. The summed E-state index contributed by atoms with van der Waals surface area (Å²) in [4.78, 5) is 31.5. The van der Waals surface area contributed by atoms with Crippen molar-refractivity contribution in [3.05, 3.63) is 57.5 Å². The van der Waals surface area contributed by atoms with Gasteiger partial charge >= 0.3 is 5.97 Å². The molecule has 0 amide bonds. The van der Waals surface area contributed by atoms with Crippen LogP contribution in [0, 0.1) is 0 Å². The highest BCUT2D eigenvalue weighted by Crippen LogP contribution is 2.43. The van der Waals surface area contributed by atoms with Crippen molar-refractivity contribution < 1.29 is 14.0 Å². The van der Waals surface area contributed by atoms with Gasteiger partial charge in [-0.2, -0.15) is 0 Å². The zero-order valence-electron chi connectivity index (χ0n) is 26.3. The molecule has 1 N–H and O–H groups in total. The molecule has 0 aliphatic heterocycles. The van der Waals surface area contributed by atoms with Gasteiger partial charge in [0, 0.05) is 24.2 Å². The van der Waals surface area contributed by atoms with E-state index in [2.05, 4.69) is 58.8 Å². The highest BCUT2D eigenvalue weighted by molar-refractivity contribution is 6.77. The highest BCUT2D eigenvalue weighted by Gasteiger charge is 2.45. The van der Waals surface area contributed by atoms with Crippen molar-refractivity contribution in [3.8, 4) is 11.3 Å². The largest absolute Gasteiger partial charge is 0.462 e. The first-order valence-corrected chi connectivity index (χ1v) is 17.7. The summed E-state index contributed by atoms with van der Waals surface area (Å²) in [5.74, 6) is -0.0455. The van der Waals surface area contributed by atoms with Crippen LogP contribution in [0.3, 0.4) is 0 Å². The van der Waals surface area contributed by atoms with Crippen molar-refractivity contribution in [2.45, 2.75) is 116 Å². The van der Waals surface area contributed by atoms with Gasteiger partial charge in [-0.1, -0.05) is 92.0 Å². The SMILES string of the molecule is CCOC(=O)c1c(C(C)CO[Si](C(C)C)(C(C)C)C(C)C)[nH]n2c(=O)cc(-c3ccc(C4CCCCC4)cc3)nc12. The average Bonchev–Trinajstić information content (AvgIpc) is 3.34. The monoisotopic (exact) mass is 579 g/mol. The Bertz CT molecular complexity index is 1360. The maximum Gasteiger partial charge on any atom is 0.343 e. The Hall–Kier alpha value is -2.71. The smallest absolute Gasteiger partial charge is 0.343 e. The summed E-state index contributed by atoms with van der Waals surface area (Å²) in [6, 6.07) is 9.95. The predicted octanol–water partition coefficient (Wildman–Crippen LogP) is 8.21. The molecule has 1 aliphatic carbocycles. The molecular weight excluding hydrogens is 530 g/mol. The van der Waals surface area contributed by atoms with Crippen LogP contribution in [0.5, 0.6) is 0 Å². The summed E-state index contributed by atoms with van der Waals surface area (Å²) in [6.45, 7) is 18.1. The van der Waals surface area contributed by atoms with Crippen LogP contribution >= 0.6 is 0 Å². The molecule has 0 bridgehead atoms. The summed E-state index contributed by atoms with van der Waals surface area (Å²) < 4.78 is 13.7. The standard InChI is InChI=1S/C33H49N3O4Si/c1-9-39-33(38)30-31(24(8)20-40-41(21(2)3,22(4)5)23(6)7)35-36-29(37)19-28(34-32(30)36)27-17-15-26(16-18-27)25-13-11-10-12-14-25/h15-19,21-25,35H,9-14,20H2,1-8H3. The molecule has 0 saturated heterocycles. The minimum absolute atomic E-state index is 0.170. The fourth-order valence-electron chi connectivity index (χ4n) is 7.18. The van der Waals surface area contributed by atoms with Gasteiger partial charge in [0.15, 0.2) is 14.0 Å². The third-order valence-corrected chi connectivity index (χ3v) is 15.3. The average molecular weight is 580 g/mol. The van der Waals surface area contributed by atoms with Crippen molar-refractivity contribution >= 4 is 19.9 Å². The van der Waals surface area contributed by atoms with Crippen LogP contribution in [0.4, 0.5) is 0 Å². The lowest BCUT2D eigenvalue weighted by Gasteiger charge is -2.42. The molecule has 2 heterocycles. The highest BCUT2D eigenvalue weighted by atomic mass is 28.4. The molecule has 41 heavy (non-hydrogen) atoms. The molecule has 1 fully saturated rings. The lowest BCUT2D eigenvalue weighted by Crippen LogP contribution is -2.48. The van der Waals surface area contributed by atoms with E-state index in [0.29, 0.717) is 51.7 Å². The molecule has 3 aromatic rings. The number of nitrogens with zero attached hydrogens (tertiary/aromatic N) is 2. The van der Waals surface area contributed by atoms with E-state index in [1.165, 1.54) is 48.2 Å². The second kappa shape index (κ2) is 13.1. The Morgan fingerprint density at radius 1 is 1.00 bits per heavy atom. The number of fused-ring (bicyclic) bond motifs is 1. The summed E-state index contributed by atoms with van der Waals surface area (Å²) in [6.07, 6.45) is 6.36. The zero-order chi connectivity index (χ0) is 29.9. The second-order valence-electron chi connectivity index (χ2n) is 12.7. The number of hydrogen-bond donors (Lipinski definition) is 1. The first-order valence-electron chi connectivity index (χ1n) is 15.6. The molecule has 2 aromatic heterocycles. The number of carbonyl (C=O) groups excluding carboxylic acids is 1. The van der Waals surface area contributed by atoms with Gasteiger partial charge in [0.25, 0.3) is 5.56 Å². The van der Waals surface area contributed by atoms with Crippen molar-refractivity contribution in [2.75, 3.05) is 13.2 Å². The molecule has 8 heteroatoms. The Morgan fingerprint density at radius 2 is 1.61 bits per heavy atom. The number of nitrogens with one attached hydrogen (secondary N) is 1. The van der Waals surface area contributed by atoms with Crippen LogP contribution in [0.15, 0.2) is 35.1 Å². The normalized spacial score (nSPS) is 15.8. The van der Waals surface area contributed by atoms with Gasteiger partial charge in [0.2, 0.25) is 0 Å². The number of aromatic nitrogens is 3. The van der Waals surface area contributed by atoms with Crippen molar-refractivity contribution in [3.63, 3.8) is 0 Å². The van der Waals surface area contributed by atoms with E-state index in [1.807, 2.05) is 19.1 Å². The molecule has 1 aromatic carbocycles. The van der Waals surface area contributed by atoms with E-state index < -0.39 is 14.3 Å². The fraction of sp³-hybridized carbons (Fsp3) is 0.606. The quantitative estimate of drug-likeness (QED) is 0.183. The maximum absolute atomic E-state index is 13.4. The van der Waals surface area contributed by atoms with Crippen LogP contribution in [0.1, 0.15) is 121 Å². The van der Waals surface area contributed by atoms with Crippen molar-refractivity contribution in [1.29, 1.82) is 0 Å². The van der Waals surface area contributed by atoms with Gasteiger partial charge < -0.3 is 9.16 Å². The minimum atomic E-state index is -2.12. The summed E-state index contributed by atoms with van der Waals surface area (Å²) in [5.41, 5.74) is 5.06. The van der Waals surface area contributed by atoms with E-state index in [0.717, 1.165) is 5.56 Å². The molecule has 1 saturated carbocycles. The fourth-order valence-corrected chi connectivity index (χ4v) is 12.7. The number of esters is 1. The van der Waals surface area contributed by atoms with Crippen molar-refractivity contribution in [2.24, 2.45) is 0 Å². The first-order chi connectivity index (χ1) is 19.5. The molecule has 1 aliphatic rings. The van der Waals surface area contributed by atoms with Crippen LogP contribution in [0.2, 0.25) is 16.6 Å². The van der Waals surface area contributed by atoms with Crippen LogP contribution < -0.4 is 5.56 Å². The molecular formula is C33H49N3O4Si. The van der Waals surface area contributed by atoms with E-state index in [1.54, 1.807) is 6.92 Å². The van der Waals surface area contributed by atoms with E-state index in [9.17, 15) is 9.59 Å². The van der Waals surface area contributed by atoms with Gasteiger partial charge in [0.05, 0.1) is 18.0 Å². The lowest BCUT2D eigenvalue weighted by molar-refractivity contribution is 0.0526. The van der Waals surface area contributed by atoms with Gasteiger partial charge in [-0.25, -0.2) is 14.3 Å². The Morgan fingerprint density at radius 3 is 2.17 bits per heavy atom. The molecule has 1 atom stereocenters. The van der Waals surface area contributed by atoms with Gasteiger partial charge in [-0.15, -0.1) is 0 Å². The van der Waals surface area contributed by atoms with Crippen molar-refractivity contribution in [1.82, 2.24) is 14.6 Å². The molecule has 0 radical (unpaired) electrons. The predicted molar refractivity (Wildman–Crippen MR) is 168 cm³/mol. The Kier molecular flexibility index (Phi) is 9.96. The Balaban J connectivity index is 1.72. The molecule has 0 spiro atoms. The topological polar surface area (TPSA) is 85.7 Å². The van der Waals surface area contributed by atoms with E-state index in [-0.39, 0.29) is 18.1 Å². The van der Waals surface area contributed by atoms with Gasteiger partial charge in [-0.05, 0) is 47.9 Å². The first kappa shape index (κ1) is 31.2. The number of benzene rings is 1. The van der Waals surface area contributed by atoms with Gasteiger partial charge in [0.1, 0.15) is 5.56 Å². The number of carbonyl (C=O) groups is 1. The number of ether oxygens (including phenoxy) is 1. The maximum atomic E-state index is 13.4. The van der Waals surface area contributed by atoms with Crippen LogP contribution in [-0.2, 0) is 9.16 Å². The summed E-state index contributed by atoms with van der Waals surface area (Å²) >= 11 is 0. The summed E-state index contributed by atoms with van der Waals surface area (Å²) in [5, 5.41) is 3.20. The third kappa shape index (κ3) is 6.24. The lowest BCUT2D eigenvalue weighted by atomic mass is 9.84. The Labute approximate surface area is 246 Å². The van der Waals surface area contributed by atoms with E-state index in [4.69, 9.17) is 14.1 Å². The molecule has 4 rings (SSSR count). The zero-order valence-corrected chi connectivity index (χ0v) is 27.3. The van der Waals surface area contributed by atoms with Crippen LogP contribution in [-0.4, -0.2) is 42.1 Å². The molecule has 1 unspecified atom stereocenters. The third-order valence-electron chi connectivity index (χ3n) is 9.19. The number of hydrogen-bond acceptors (Lipinski definition) is 5. The van der Waals surface area contributed by atoms with Gasteiger partial charge in [-0.3, -0.25) is 9.89 Å². The number of rotatable bonds is 11.